The van der Waals surface area contributed by atoms with Gasteiger partial charge in [0.15, 0.2) is 0 Å². The van der Waals surface area contributed by atoms with Crippen LogP contribution in [0.15, 0.2) is 42.5 Å². The van der Waals surface area contributed by atoms with E-state index in [4.69, 9.17) is 4.98 Å². The molecule has 3 aliphatic rings. The highest BCUT2D eigenvalue weighted by atomic mass is 16.2. The molecule has 6 rings (SSSR count). The van der Waals surface area contributed by atoms with Gasteiger partial charge in [0.2, 0.25) is 0 Å². The van der Waals surface area contributed by atoms with Crippen LogP contribution in [0.25, 0.3) is 22.4 Å². The molecule has 3 unspecified atom stereocenters. The lowest BCUT2D eigenvalue weighted by atomic mass is 9.95. The molecule has 3 aromatic rings. The molecule has 3 atom stereocenters. The van der Waals surface area contributed by atoms with Crippen LogP contribution in [-0.4, -0.2) is 33.9 Å². The third-order valence-electron chi connectivity index (χ3n) is 8.16. The largest absolute Gasteiger partial charge is 0.349 e. The number of carbonyl (C=O) groups excluding carboxylic acids is 2. The summed E-state index contributed by atoms with van der Waals surface area (Å²) in [6.07, 6.45) is 10.8. The maximum Gasteiger partial charge on any atom is 0.251 e. The SMILES string of the molecule is O=C(NC1CCCCC1)c1ccc(-c2nc3ccc(C(=O)NC4CC5CCC4C5)cc3[nH]2)cc1. The number of carbonyl (C=O) groups is 2. The fourth-order valence-electron chi connectivity index (χ4n) is 6.26. The zero-order valence-electron chi connectivity index (χ0n) is 19.5. The maximum absolute atomic E-state index is 12.9. The van der Waals surface area contributed by atoms with E-state index in [1.807, 2.05) is 42.5 Å². The van der Waals surface area contributed by atoms with E-state index in [0.29, 0.717) is 29.1 Å². The number of H-pyrrole nitrogens is 1. The van der Waals surface area contributed by atoms with Crippen molar-refractivity contribution in [2.24, 2.45) is 11.8 Å². The lowest BCUT2D eigenvalue weighted by Gasteiger charge is -2.22. The summed E-state index contributed by atoms with van der Waals surface area (Å²) in [5, 5.41) is 6.43. The van der Waals surface area contributed by atoms with Crippen LogP contribution in [0.5, 0.6) is 0 Å². The number of aromatic amines is 1. The minimum absolute atomic E-state index is 0.00364. The van der Waals surface area contributed by atoms with Gasteiger partial charge in [-0.05, 0) is 74.3 Å². The molecule has 0 aliphatic heterocycles. The van der Waals surface area contributed by atoms with E-state index < -0.39 is 0 Å². The van der Waals surface area contributed by atoms with Crippen molar-refractivity contribution >= 4 is 22.8 Å². The molecule has 2 aromatic carbocycles. The van der Waals surface area contributed by atoms with Crippen LogP contribution >= 0.6 is 0 Å². The Kier molecular flexibility index (Phi) is 5.60. The summed E-state index contributed by atoms with van der Waals surface area (Å²) in [4.78, 5) is 33.5. The summed E-state index contributed by atoms with van der Waals surface area (Å²) in [6, 6.07) is 13.8. The third-order valence-corrected chi connectivity index (χ3v) is 8.16. The van der Waals surface area contributed by atoms with Crippen LogP contribution < -0.4 is 10.6 Å². The Morgan fingerprint density at radius 3 is 2.32 bits per heavy atom. The number of amides is 2. The summed E-state index contributed by atoms with van der Waals surface area (Å²) >= 11 is 0. The van der Waals surface area contributed by atoms with Gasteiger partial charge in [-0.3, -0.25) is 9.59 Å². The second-order valence-electron chi connectivity index (χ2n) is 10.5. The van der Waals surface area contributed by atoms with Gasteiger partial charge < -0.3 is 15.6 Å². The first-order chi connectivity index (χ1) is 16.6. The Hall–Kier alpha value is -3.15. The van der Waals surface area contributed by atoms with Crippen molar-refractivity contribution in [2.75, 3.05) is 0 Å². The zero-order chi connectivity index (χ0) is 23.1. The number of imidazole rings is 1. The summed E-state index contributed by atoms with van der Waals surface area (Å²) in [6.45, 7) is 0. The Labute approximate surface area is 199 Å². The molecule has 3 N–H and O–H groups in total. The van der Waals surface area contributed by atoms with Crippen LogP contribution in [0.4, 0.5) is 0 Å². The summed E-state index contributed by atoms with van der Waals surface area (Å²) in [5.74, 6) is 2.19. The van der Waals surface area contributed by atoms with Crippen LogP contribution in [0, 0.1) is 11.8 Å². The Morgan fingerprint density at radius 2 is 1.59 bits per heavy atom. The predicted octanol–water partition coefficient (Wildman–Crippen LogP) is 5.21. The van der Waals surface area contributed by atoms with E-state index in [0.717, 1.165) is 47.6 Å². The van der Waals surface area contributed by atoms with Crippen molar-refractivity contribution in [3.63, 3.8) is 0 Å². The molecule has 34 heavy (non-hydrogen) atoms. The molecule has 0 saturated heterocycles. The average molecular weight is 457 g/mol. The third kappa shape index (κ3) is 4.22. The summed E-state index contributed by atoms with van der Waals surface area (Å²) in [7, 11) is 0. The van der Waals surface area contributed by atoms with E-state index >= 15 is 0 Å². The molecule has 2 bridgehead atoms. The molecular formula is C28H32N4O2. The van der Waals surface area contributed by atoms with Crippen molar-refractivity contribution < 1.29 is 9.59 Å². The van der Waals surface area contributed by atoms with E-state index in [9.17, 15) is 9.59 Å². The van der Waals surface area contributed by atoms with E-state index in [1.165, 1.54) is 38.5 Å². The van der Waals surface area contributed by atoms with Crippen molar-refractivity contribution in [2.45, 2.75) is 69.9 Å². The van der Waals surface area contributed by atoms with Gasteiger partial charge in [0.1, 0.15) is 5.82 Å². The molecule has 0 spiro atoms. The van der Waals surface area contributed by atoms with Crippen molar-refractivity contribution in [3.05, 3.63) is 53.6 Å². The molecule has 3 saturated carbocycles. The molecule has 0 radical (unpaired) electrons. The summed E-state index contributed by atoms with van der Waals surface area (Å²) < 4.78 is 0. The average Bonchev–Trinajstić information content (AvgIpc) is 3.60. The first-order valence-electron chi connectivity index (χ1n) is 12.8. The lowest BCUT2D eigenvalue weighted by Crippen LogP contribution is -2.38. The van der Waals surface area contributed by atoms with Crippen LogP contribution in [0.1, 0.15) is 78.5 Å². The minimum Gasteiger partial charge on any atom is -0.349 e. The highest BCUT2D eigenvalue weighted by Crippen LogP contribution is 2.44. The van der Waals surface area contributed by atoms with Crippen LogP contribution in [0.2, 0.25) is 0 Å². The van der Waals surface area contributed by atoms with Crippen molar-refractivity contribution in [1.82, 2.24) is 20.6 Å². The van der Waals surface area contributed by atoms with E-state index in [2.05, 4.69) is 15.6 Å². The van der Waals surface area contributed by atoms with Gasteiger partial charge in [-0.2, -0.15) is 0 Å². The van der Waals surface area contributed by atoms with Gasteiger partial charge in [-0.1, -0.05) is 37.8 Å². The monoisotopic (exact) mass is 456 g/mol. The number of nitrogens with zero attached hydrogens (tertiary/aromatic N) is 1. The van der Waals surface area contributed by atoms with Gasteiger partial charge >= 0.3 is 0 Å². The number of benzene rings is 2. The zero-order valence-corrected chi connectivity index (χ0v) is 19.5. The molecule has 1 heterocycles. The first kappa shape index (κ1) is 21.4. The molecule has 1 aromatic heterocycles. The predicted molar refractivity (Wildman–Crippen MR) is 133 cm³/mol. The van der Waals surface area contributed by atoms with E-state index in [1.54, 1.807) is 0 Å². The number of rotatable bonds is 5. The number of fused-ring (bicyclic) bond motifs is 3. The second-order valence-corrected chi connectivity index (χ2v) is 10.5. The Bertz CT molecular complexity index is 1210. The van der Waals surface area contributed by atoms with Crippen molar-refractivity contribution in [3.8, 4) is 11.4 Å². The highest BCUT2D eigenvalue weighted by molar-refractivity contribution is 5.98. The number of aromatic nitrogens is 2. The first-order valence-corrected chi connectivity index (χ1v) is 12.8. The minimum atomic E-state index is -0.00538. The molecule has 3 aliphatic carbocycles. The molecule has 2 amide bonds. The van der Waals surface area contributed by atoms with Crippen molar-refractivity contribution in [1.29, 1.82) is 0 Å². The second kappa shape index (κ2) is 8.90. The molecule has 176 valence electrons. The topological polar surface area (TPSA) is 86.9 Å². The fourth-order valence-corrected chi connectivity index (χ4v) is 6.26. The molecule has 3 fully saturated rings. The number of nitrogens with one attached hydrogen (secondary N) is 3. The lowest BCUT2D eigenvalue weighted by molar-refractivity contribution is 0.0916. The highest BCUT2D eigenvalue weighted by Gasteiger charge is 2.40. The smallest absolute Gasteiger partial charge is 0.251 e. The normalized spacial score (nSPS) is 24.4. The molecule has 6 nitrogen and oxygen atoms in total. The van der Waals surface area contributed by atoms with E-state index in [-0.39, 0.29) is 11.8 Å². The number of hydrogen-bond acceptors (Lipinski definition) is 3. The van der Waals surface area contributed by atoms with Crippen LogP contribution in [-0.2, 0) is 0 Å². The van der Waals surface area contributed by atoms with Gasteiger partial charge in [0.05, 0.1) is 11.0 Å². The quantitative estimate of drug-likeness (QED) is 0.492. The standard InChI is InChI=1S/C28H32N4O2/c33-27(29-22-4-2-1-3-5-22)19-10-8-18(9-11-19)26-30-23-13-12-21(16-25(23)31-26)28(34)32-24-15-17-6-7-20(24)14-17/h8-13,16-17,20,22,24H,1-7,14-15H2,(H,29,33)(H,30,31)(H,32,34). The molecular weight excluding hydrogens is 424 g/mol. The Balaban J connectivity index is 1.14. The van der Waals surface area contributed by atoms with Gasteiger partial charge in [0.25, 0.3) is 11.8 Å². The number of hydrogen-bond donors (Lipinski definition) is 3. The van der Waals surface area contributed by atoms with Crippen LogP contribution in [0.3, 0.4) is 0 Å². The maximum atomic E-state index is 12.9. The fraction of sp³-hybridized carbons (Fsp3) is 0.464. The Morgan fingerprint density at radius 1 is 0.824 bits per heavy atom. The summed E-state index contributed by atoms with van der Waals surface area (Å²) in [5.41, 5.74) is 3.92. The molecule has 6 heteroatoms. The van der Waals surface area contributed by atoms with Gasteiger partial charge in [0, 0.05) is 28.8 Å². The van der Waals surface area contributed by atoms with Gasteiger partial charge in [-0.25, -0.2) is 4.98 Å². The van der Waals surface area contributed by atoms with Gasteiger partial charge in [-0.15, -0.1) is 0 Å².